The zero-order valence-electron chi connectivity index (χ0n) is 7.98. The van der Waals surface area contributed by atoms with Gasteiger partial charge < -0.3 is 9.84 Å². The number of nitrogens with zero attached hydrogens (tertiary/aromatic N) is 2. The highest BCUT2D eigenvalue weighted by atomic mass is 19.1. The van der Waals surface area contributed by atoms with E-state index >= 15 is 0 Å². The Bertz CT molecular complexity index is 399. The highest BCUT2D eigenvalue weighted by Crippen LogP contribution is 2.02. The molecule has 1 N–H and O–H groups in total. The van der Waals surface area contributed by atoms with E-state index in [1.54, 1.807) is 12.1 Å². The highest BCUT2D eigenvalue weighted by Gasteiger charge is 1.97. The molecule has 0 atom stereocenters. The molecule has 78 valence electrons. The van der Waals surface area contributed by atoms with Gasteiger partial charge in [-0.25, -0.2) is 4.39 Å². The molecule has 0 amide bonds. The van der Waals surface area contributed by atoms with Gasteiger partial charge in [-0.2, -0.15) is 4.98 Å². The normalized spacial score (nSPS) is 10.5. The van der Waals surface area contributed by atoms with Crippen molar-refractivity contribution in [2.24, 2.45) is 0 Å². The third-order valence-corrected chi connectivity index (χ3v) is 1.93. The van der Waals surface area contributed by atoms with Gasteiger partial charge in [0.05, 0.1) is 6.54 Å². The molecule has 0 aliphatic heterocycles. The lowest BCUT2D eigenvalue weighted by Crippen LogP contribution is -2.13. The van der Waals surface area contributed by atoms with Crippen molar-refractivity contribution in [2.75, 3.05) is 0 Å². The molecule has 0 spiro atoms. The van der Waals surface area contributed by atoms with Gasteiger partial charge in [0.15, 0.2) is 5.82 Å². The lowest BCUT2D eigenvalue weighted by molar-refractivity contribution is 0.407. The quantitative estimate of drug-likeness (QED) is 0.825. The van der Waals surface area contributed by atoms with E-state index in [1.807, 2.05) is 0 Å². The van der Waals surface area contributed by atoms with Crippen LogP contribution in [0, 0.1) is 5.82 Å². The SMILES string of the molecule is Fc1ccc(CNCc2ncon2)cc1. The molecule has 0 unspecified atom stereocenters. The molecule has 0 aliphatic carbocycles. The Morgan fingerprint density at radius 2 is 2.00 bits per heavy atom. The summed E-state index contributed by atoms with van der Waals surface area (Å²) in [6, 6.07) is 6.34. The Labute approximate surface area is 86.1 Å². The molecule has 1 aromatic carbocycles. The predicted octanol–water partition coefficient (Wildman–Crippen LogP) is 1.50. The van der Waals surface area contributed by atoms with Crippen molar-refractivity contribution >= 4 is 0 Å². The minimum Gasteiger partial charge on any atom is -0.343 e. The molecule has 4 nitrogen and oxygen atoms in total. The number of nitrogens with one attached hydrogen (secondary N) is 1. The summed E-state index contributed by atoms with van der Waals surface area (Å²) >= 11 is 0. The molecule has 0 fully saturated rings. The van der Waals surface area contributed by atoms with Crippen molar-refractivity contribution in [2.45, 2.75) is 13.1 Å². The molecule has 5 heteroatoms. The van der Waals surface area contributed by atoms with Crippen molar-refractivity contribution in [3.05, 3.63) is 47.9 Å². The Morgan fingerprint density at radius 1 is 1.20 bits per heavy atom. The standard InChI is InChI=1S/C10H10FN3O/c11-9-3-1-8(2-4-9)5-12-6-10-13-7-15-14-10/h1-4,7,12H,5-6H2. The molecule has 15 heavy (non-hydrogen) atoms. The van der Waals surface area contributed by atoms with Gasteiger partial charge in [0.2, 0.25) is 6.39 Å². The molecule has 0 bridgehead atoms. The molecule has 2 rings (SSSR count). The number of hydrogen-bond donors (Lipinski definition) is 1. The van der Waals surface area contributed by atoms with Crippen molar-refractivity contribution in [3.63, 3.8) is 0 Å². The minimum absolute atomic E-state index is 0.225. The molecule has 0 aliphatic rings. The second-order valence-corrected chi connectivity index (χ2v) is 3.08. The van der Waals surface area contributed by atoms with Gasteiger partial charge in [0.1, 0.15) is 5.82 Å². The van der Waals surface area contributed by atoms with Gasteiger partial charge in [0.25, 0.3) is 0 Å². The molecule has 2 aromatic rings. The van der Waals surface area contributed by atoms with Crippen LogP contribution < -0.4 is 5.32 Å². The summed E-state index contributed by atoms with van der Waals surface area (Å²) in [4.78, 5) is 3.86. The fraction of sp³-hybridized carbons (Fsp3) is 0.200. The molecule has 0 saturated heterocycles. The maximum Gasteiger partial charge on any atom is 0.213 e. The molecule has 1 aromatic heterocycles. The first-order valence-electron chi connectivity index (χ1n) is 4.55. The first kappa shape index (κ1) is 9.79. The molecular formula is C10H10FN3O. The second-order valence-electron chi connectivity index (χ2n) is 3.08. The van der Waals surface area contributed by atoms with Gasteiger partial charge in [-0.3, -0.25) is 0 Å². The van der Waals surface area contributed by atoms with E-state index in [1.165, 1.54) is 18.5 Å². The topological polar surface area (TPSA) is 51.0 Å². The summed E-state index contributed by atoms with van der Waals surface area (Å²) in [5.74, 6) is 0.383. The molecule has 0 saturated carbocycles. The van der Waals surface area contributed by atoms with Crippen LogP contribution >= 0.6 is 0 Å². The first-order valence-corrected chi connectivity index (χ1v) is 4.55. The predicted molar refractivity (Wildman–Crippen MR) is 51.2 cm³/mol. The van der Waals surface area contributed by atoms with Crippen LogP contribution in [0.15, 0.2) is 35.2 Å². The number of benzene rings is 1. The molecular weight excluding hydrogens is 197 g/mol. The lowest BCUT2D eigenvalue weighted by Gasteiger charge is -2.01. The van der Waals surface area contributed by atoms with Crippen molar-refractivity contribution < 1.29 is 8.91 Å². The zero-order chi connectivity index (χ0) is 10.5. The summed E-state index contributed by atoms with van der Waals surface area (Å²) in [5, 5.41) is 6.77. The fourth-order valence-electron chi connectivity index (χ4n) is 1.19. The average molecular weight is 207 g/mol. The highest BCUT2D eigenvalue weighted by molar-refractivity contribution is 5.15. The fourth-order valence-corrected chi connectivity index (χ4v) is 1.19. The van der Waals surface area contributed by atoms with Crippen LogP contribution in [0.25, 0.3) is 0 Å². The van der Waals surface area contributed by atoms with Crippen LogP contribution in [0.3, 0.4) is 0 Å². The zero-order valence-corrected chi connectivity index (χ0v) is 7.98. The first-order chi connectivity index (χ1) is 7.34. The summed E-state index contributed by atoms with van der Waals surface area (Å²) in [6.07, 6.45) is 1.29. The van der Waals surface area contributed by atoms with E-state index in [0.717, 1.165) is 5.56 Å². The van der Waals surface area contributed by atoms with E-state index in [0.29, 0.717) is 18.9 Å². The smallest absolute Gasteiger partial charge is 0.213 e. The minimum atomic E-state index is -0.225. The van der Waals surface area contributed by atoms with E-state index in [4.69, 9.17) is 0 Å². The van der Waals surface area contributed by atoms with Gasteiger partial charge in [-0.05, 0) is 17.7 Å². The maximum atomic E-state index is 12.6. The van der Waals surface area contributed by atoms with E-state index < -0.39 is 0 Å². The van der Waals surface area contributed by atoms with E-state index in [2.05, 4.69) is 20.0 Å². The third-order valence-electron chi connectivity index (χ3n) is 1.93. The second kappa shape index (κ2) is 4.65. The Morgan fingerprint density at radius 3 is 2.67 bits per heavy atom. The number of aromatic nitrogens is 2. The maximum absolute atomic E-state index is 12.6. The summed E-state index contributed by atoms with van der Waals surface area (Å²) in [5.41, 5.74) is 1.01. The van der Waals surface area contributed by atoms with Gasteiger partial charge in [-0.15, -0.1) is 0 Å². The largest absolute Gasteiger partial charge is 0.343 e. The number of rotatable bonds is 4. The van der Waals surface area contributed by atoms with Crippen LogP contribution in [0.4, 0.5) is 4.39 Å². The van der Waals surface area contributed by atoms with E-state index in [-0.39, 0.29) is 5.82 Å². The number of halogens is 1. The van der Waals surface area contributed by atoms with Crippen LogP contribution in [0.1, 0.15) is 11.4 Å². The van der Waals surface area contributed by atoms with Crippen LogP contribution in [0.5, 0.6) is 0 Å². The lowest BCUT2D eigenvalue weighted by atomic mass is 10.2. The summed E-state index contributed by atoms with van der Waals surface area (Å²) in [7, 11) is 0. The van der Waals surface area contributed by atoms with Gasteiger partial charge in [0, 0.05) is 6.54 Å². The van der Waals surface area contributed by atoms with Crippen molar-refractivity contribution in [1.82, 2.24) is 15.5 Å². The summed E-state index contributed by atoms with van der Waals surface area (Å²) in [6.45, 7) is 1.18. The van der Waals surface area contributed by atoms with Crippen molar-refractivity contribution in [1.29, 1.82) is 0 Å². The van der Waals surface area contributed by atoms with E-state index in [9.17, 15) is 4.39 Å². The van der Waals surface area contributed by atoms with Crippen LogP contribution in [0.2, 0.25) is 0 Å². The van der Waals surface area contributed by atoms with Crippen molar-refractivity contribution in [3.8, 4) is 0 Å². The number of hydrogen-bond acceptors (Lipinski definition) is 4. The third kappa shape index (κ3) is 2.85. The Hall–Kier alpha value is -1.75. The van der Waals surface area contributed by atoms with Crippen LogP contribution in [-0.4, -0.2) is 10.1 Å². The van der Waals surface area contributed by atoms with Gasteiger partial charge >= 0.3 is 0 Å². The molecule has 1 heterocycles. The monoisotopic (exact) mass is 207 g/mol. The summed E-state index contributed by atoms with van der Waals surface area (Å²) < 4.78 is 17.2. The molecule has 0 radical (unpaired) electrons. The average Bonchev–Trinajstić information content (AvgIpc) is 2.74. The Balaban J connectivity index is 1.81. The van der Waals surface area contributed by atoms with Crippen LogP contribution in [-0.2, 0) is 13.1 Å². The Kier molecular flexibility index (Phi) is 3.04. The van der Waals surface area contributed by atoms with Gasteiger partial charge in [-0.1, -0.05) is 17.3 Å².